The Kier molecular flexibility index (Phi) is 2.47. The molecule has 80 valence electrons. The summed E-state index contributed by atoms with van der Waals surface area (Å²) in [6.45, 7) is 8.71. The second kappa shape index (κ2) is 3.65. The lowest BCUT2D eigenvalue weighted by Crippen LogP contribution is -1.99. The number of hydrogen-bond acceptors (Lipinski definition) is 2. The van der Waals surface area contributed by atoms with Crippen molar-refractivity contribution in [2.45, 2.75) is 39.7 Å². The summed E-state index contributed by atoms with van der Waals surface area (Å²) in [5, 5.41) is 0. The second-order valence-corrected chi connectivity index (χ2v) is 4.47. The van der Waals surface area contributed by atoms with E-state index in [1.165, 1.54) is 5.56 Å². The van der Waals surface area contributed by atoms with Gasteiger partial charge >= 0.3 is 0 Å². The van der Waals surface area contributed by atoms with Crippen molar-refractivity contribution in [2.24, 2.45) is 0 Å². The molecule has 0 atom stereocenters. The smallest absolute Gasteiger partial charge is 0.159 e. The number of nitrogens with zero attached hydrogens (tertiary/aromatic N) is 3. The molecule has 3 nitrogen and oxygen atoms in total. The fourth-order valence-corrected chi connectivity index (χ4v) is 1.81. The zero-order valence-corrected chi connectivity index (χ0v) is 9.73. The molecule has 0 saturated heterocycles. The van der Waals surface area contributed by atoms with Gasteiger partial charge in [-0.25, -0.2) is 4.98 Å². The van der Waals surface area contributed by atoms with Crippen molar-refractivity contribution in [3.63, 3.8) is 0 Å². The van der Waals surface area contributed by atoms with Gasteiger partial charge in [0, 0.05) is 30.2 Å². The summed E-state index contributed by atoms with van der Waals surface area (Å²) in [6.07, 6.45) is 5.70. The van der Waals surface area contributed by atoms with Gasteiger partial charge in [0.25, 0.3) is 0 Å². The summed E-state index contributed by atoms with van der Waals surface area (Å²) in [7, 11) is 0. The predicted molar refractivity (Wildman–Crippen MR) is 62.0 cm³/mol. The third-order valence-electron chi connectivity index (χ3n) is 2.65. The summed E-state index contributed by atoms with van der Waals surface area (Å²) in [5.74, 6) is 0.490. The van der Waals surface area contributed by atoms with Crippen LogP contribution in [0.15, 0.2) is 18.6 Å². The highest BCUT2D eigenvalue weighted by atomic mass is 15.1. The lowest BCUT2D eigenvalue weighted by Gasteiger charge is -2.07. The van der Waals surface area contributed by atoms with Crippen LogP contribution in [0.1, 0.15) is 45.2 Å². The van der Waals surface area contributed by atoms with Gasteiger partial charge in [-0.3, -0.25) is 4.98 Å². The maximum absolute atomic E-state index is 4.42. The fourth-order valence-electron chi connectivity index (χ4n) is 1.81. The van der Waals surface area contributed by atoms with Crippen molar-refractivity contribution in [2.75, 3.05) is 0 Å². The van der Waals surface area contributed by atoms with Crippen LogP contribution in [0.25, 0.3) is 11.2 Å². The average molecular weight is 203 g/mol. The van der Waals surface area contributed by atoms with E-state index in [0.717, 1.165) is 11.2 Å². The second-order valence-electron chi connectivity index (χ2n) is 4.47. The maximum atomic E-state index is 4.42. The van der Waals surface area contributed by atoms with E-state index in [2.05, 4.69) is 48.4 Å². The molecule has 0 aliphatic rings. The van der Waals surface area contributed by atoms with E-state index >= 15 is 0 Å². The minimum Gasteiger partial charge on any atom is -0.328 e. The van der Waals surface area contributed by atoms with Crippen LogP contribution in [0.4, 0.5) is 0 Å². The molecule has 0 spiro atoms. The Hall–Kier alpha value is -1.38. The first-order valence-corrected chi connectivity index (χ1v) is 5.42. The van der Waals surface area contributed by atoms with E-state index in [4.69, 9.17) is 0 Å². The van der Waals surface area contributed by atoms with E-state index in [1.54, 1.807) is 12.4 Å². The molecule has 2 rings (SSSR count). The van der Waals surface area contributed by atoms with Crippen LogP contribution in [-0.4, -0.2) is 14.5 Å². The Morgan fingerprint density at radius 2 is 1.73 bits per heavy atom. The summed E-state index contributed by atoms with van der Waals surface area (Å²) >= 11 is 0. The van der Waals surface area contributed by atoms with Gasteiger partial charge in [0.15, 0.2) is 5.65 Å². The van der Waals surface area contributed by atoms with Gasteiger partial charge in [-0.05, 0) is 19.8 Å². The monoisotopic (exact) mass is 203 g/mol. The zero-order valence-electron chi connectivity index (χ0n) is 9.73. The highest BCUT2D eigenvalue weighted by Gasteiger charge is 2.14. The van der Waals surface area contributed by atoms with Gasteiger partial charge in [0.1, 0.15) is 5.52 Å². The fraction of sp³-hybridized carbons (Fsp3) is 0.500. The molecule has 15 heavy (non-hydrogen) atoms. The number of fused-ring (bicyclic) bond motifs is 1. The molecule has 0 amide bonds. The van der Waals surface area contributed by atoms with E-state index in [-0.39, 0.29) is 0 Å². The Morgan fingerprint density at radius 3 is 2.33 bits per heavy atom. The summed E-state index contributed by atoms with van der Waals surface area (Å²) in [5.41, 5.74) is 3.32. The van der Waals surface area contributed by atoms with Crippen LogP contribution in [0.2, 0.25) is 0 Å². The van der Waals surface area contributed by atoms with Crippen molar-refractivity contribution in [3.8, 4) is 0 Å². The molecule has 0 bridgehead atoms. The normalized spacial score (nSPS) is 11.9. The first-order valence-electron chi connectivity index (χ1n) is 5.42. The third-order valence-corrected chi connectivity index (χ3v) is 2.65. The summed E-state index contributed by atoms with van der Waals surface area (Å²) in [4.78, 5) is 8.83. The first kappa shape index (κ1) is 10.1. The van der Waals surface area contributed by atoms with Crippen LogP contribution < -0.4 is 0 Å². The minimum atomic E-state index is 0.427. The molecule has 2 aromatic heterocycles. The van der Waals surface area contributed by atoms with Crippen LogP contribution in [0.5, 0.6) is 0 Å². The number of rotatable bonds is 2. The summed E-state index contributed by atoms with van der Waals surface area (Å²) in [6, 6.07) is 0.427. The standard InChI is InChI=1S/C12H17N3/c1-8(2)10-7-15(9(3)4)12-11(10)13-5-6-14-12/h5-9H,1-4H3. The summed E-state index contributed by atoms with van der Waals surface area (Å²) < 4.78 is 2.19. The largest absolute Gasteiger partial charge is 0.328 e. The quantitative estimate of drug-likeness (QED) is 0.750. The van der Waals surface area contributed by atoms with Gasteiger partial charge in [-0.2, -0.15) is 0 Å². The third kappa shape index (κ3) is 1.62. The molecule has 0 fully saturated rings. The van der Waals surface area contributed by atoms with Crippen molar-refractivity contribution in [1.82, 2.24) is 14.5 Å². The molecule has 0 aromatic carbocycles. The van der Waals surface area contributed by atoms with E-state index in [1.807, 2.05) is 0 Å². The van der Waals surface area contributed by atoms with E-state index in [0.29, 0.717) is 12.0 Å². The molecule has 0 unspecified atom stereocenters. The van der Waals surface area contributed by atoms with Crippen LogP contribution in [-0.2, 0) is 0 Å². The van der Waals surface area contributed by atoms with Gasteiger partial charge in [-0.15, -0.1) is 0 Å². The minimum absolute atomic E-state index is 0.427. The molecule has 0 saturated carbocycles. The highest BCUT2D eigenvalue weighted by Crippen LogP contribution is 2.26. The topological polar surface area (TPSA) is 30.7 Å². The van der Waals surface area contributed by atoms with Crippen LogP contribution >= 0.6 is 0 Å². The Labute approximate surface area is 90.2 Å². The maximum Gasteiger partial charge on any atom is 0.159 e. The molecule has 0 radical (unpaired) electrons. The molecular weight excluding hydrogens is 186 g/mol. The SMILES string of the molecule is CC(C)c1cn(C(C)C)c2nccnc12. The van der Waals surface area contributed by atoms with Gasteiger partial charge in [-0.1, -0.05) is 13.8 Å². The van der Waals surface area contributed by atoms with Crippen molar-refractivity contribution >= 4 is 11.2 Å². The molecule has 0 aliphatic carbocycles. The van der Waals surface area contributed by atoms with E-state index in [9.17, 15) is 0 Å². The van der Waals surface area contributed by atoms with Crippen molar-refractivity contribution in [1.29, 1.82) is 0 Å². The molecule has 0 N–H and O–H groups in total. The average Bonchev–Trinajstić information content (AvgIpc) is 2.56. The Bertz CT molecular complexity index is 427. The number of aromatic nitrogens is 3. The van der Waals surface area contributed by atoms with Crippen molar-refractivity contribution in [3.05, 3.63) is 24.2 Å². The Balaban J connectivity index is 2.73. The van der Waals surface area contributed by atoms with Crippen LogP contribution in [0.3, 0.4) is 0 Å². The molecule has 0 aliphatic heterocycles. The molecule has 2 aromatic rings. The van der Waals surface area contributed by atoms with Crippen LogP contribution in [0, 0.1) is 0 Å². The lowest BCUT2D eigenvalue weighted by atomic mass is 10.1. The Morgan fingerprint density at radius 1 is 1.07 bits per heavy atom. The lowest BCUT2D eigenvalue weighted by molar-refractivity contribution is 0.614. The highest BCUT2D eigenvalue weighted by molar-refractivity contribution is 5.76. The van der Waals surface area contributed by atoms with Gasteiger partial charge < -0.3 is 4.57 Å². The first-order chi connectivity index (χ1) is 7.11. The predicted octanol–water partition coefficient (Wildman–Crippen LogP) is 3.14. The molecule has 2 heterocycles. The van der Waals surface area contributed by atoms with Gasteiger partial charge in [0.05, 0.1) is 0 Å². The zero-order chi connectivity index (χ0) is 11.0. The molecule has 3 heteroatoms. The van der Waals surface area contributed by atoms with E-state index < -0.39 is 0 Å². The number of hydrogen-bond donors (Lipinski definition) is 0. The molecular formula is C12H17N3. The van der Waals surface area contributed by atoms with Gasteiger partial charge in [0.2, 0.25) is 0 Å². The van der Waals surface area contributed by atoms with Crippen molar-refractivity contribution < 1.29 is 0 Å².